The van der Waals surface area contributed by atoms with E-state index in [2.05, 4.69) is 10.3 Å². The molecule has 0 bridgehead atoms. The second kappa shape index (κ2) is 8.31. The van der Waals surface area contributed by atoms with Gasteiger partial charge < -0.3 is 14.5 Å². The van der Waals surface area contributed by atoms with Crippen LogP contribution in [0.4, 0.5) is 0 Å². The Hall–Kier alpha value is -3.52. The van der Waals surface area contributed by atoms with Gasteiger partial charge in [0.15, 0.2) is 5.69 Å². The first-order valence-corrected chi connectivity index (χ1v) is 10.4. The number of carbonyl (C=O) groups excluding carboxylic acids is 2. The Morgan fingerprint density at radius 1 is 0.839 bits per heavy atom. The van der Waals surface area contributed by atoms with Crippen LogP contribution in [-0.4, -0.2) is 62.8 Å². The molecule has 8 heteroatoms. The number of hydrogen-bond donors (Lipinski definition) is 0. The predicted molar refractivity (Wildman–Crippen MR) is 112 cm³/mol. The van der Waals surface area contributed by atoms with Crippen molar-refractivity contribution in [1.29, 1.82) is 0 Å². The normalized spacial score (nSPS) is 18.5. The van der Waals surface area contributed by atoms with E-state index in [1.165, 1.54) is 0 Å². The summed E-state index contributed by atoms with van der Waals surface area (Å²) in [5.74, 6) is -0.163. The minimum Gasteiger partial charge on any atom is -0.365 e. The lowest BCUT2D eigenvalue weighted by Crippen LogP contribution is -2.50. The minimum absolute atomic E-state index is 0.00547. The average molecular weight is 417 g/mol. The first-order chi connectivity index (χ1) is 15.2. The number of nitrogens with zero attached hydrogens (tertiary/aromatic N) is 5. The molecule has 0 unspecified atom stereocenters. The lowest BCUT2D eigenvalue weighted by atomic mass is 10.1. The Morgan fingerprint density at radius 3 is 2.13 bits per heavy atom. The van der Waals surface area contributed by atoms with Gasteiger partial charge in [-0.1, -0.05) is 53.7 Å². The Morgan fingerprint density at radius 2 is 1.45 bits per heavy atom. The van der Waals surface area contributed by atoms with Crippen LogP contribution in [0.3, 0.4) is 0 Å². The van der Waals surface area contributed by atoms with Crippen molar-refractivity contribution < 1.29 is 14.3 Å². The maximum Gasteiger partial charge on any atom is 0.276 e. The van der Waals surface area contributed by atoms with Crippen LogP contribution in [0, 0.1) is 0 Å². The van der Waals surface area contributed by atoms with Gasteiger partial charge in [0.25, 0.3) is 11.8 Å². The molecular formula is C23H23N5O3. The molecule has 0 radical (unpaired) electrons. The molecule has 0 N–H and O–H groups in total. The van der Waals surface area contributed by atoms with Gasteiger partial charge in [0.05, 0.1) is 18.8 Å². The minimum atomic E-state index is -0.158. The van der Waals surface area contributed by atoms with Crippen molar-refractivity contribution in [2.24, 2.45) is 0 Å². The molecule has 1 saturated heterocycles. The molecule has 2 aromatic carbocycles. The molecule has 1 aromatic heterocycles. The SMILES string of the molecule is O=C(c1ccccc1)N1CCN(C(=O)c2nnn3c2CO[C@H](c2ccccc2)C3)CC1. The topological polar surface area (TPSA) is 80.6 Å². The van der Waals surface area contributed by atoms with Crippen LogP contribution in [0.25, 0.3) is 0 Å². The summed E-state index contributed by atoms with van der Waals surface area (Å²) in [5, 5.41) is 8.37. The molecule has 0 spiro atoms. The number of rotatable bonds is 3. The van der Waals surface area contributed by atoms with E-state index in [-0.39, 0.29) is 17.9 Å². The Kier molecular flexibility index (Phi) is 5.21. The monoisotopic (exact) mass is 417 g/mol. The smallest absolute Gasteiger partial charge is 0.276 e. The summed E-state index contributed by atoms with van der Waals surface area (Å²) >= 11 is 0. The van der Waals surface area contributed by atoms with Gasteiger partial charge in [0.1, 0.15) is 6.10 Å². The summed E-state index contributed by atoms with van der Waals surface area (Å²) in [6.07, 6.45) is -0.106. The molecule has 1 atom stereocenters. The molecule has 158 valence electrons. The quantitative estimate of drug-likeness (QED) is 0.652. The van der Waals surface area contributed by atoms with E-state index in [0.29, 0.717) is 56.3 Å². The zero-order chi connectivity index (χ0) is 21.2. The molecule has 0 saturated carbocycles. The first-order valence-electron chi connectivity index (χ1n) is 10.4. The number of piperazine rings is 1. The molecule has 2 aliphatic rings. The van der Waals surface area contributed by atoms with Crippen LogP contribution >= 0.6 is 0 Å². The number of carbonyl (C=O) groups is 2. The van der Waals surface area contributed by atoms with Gasteiger partial charge in [0, 0.05) is 31.7 Å². The standard InChI is InChI=1S/C23H23N5O3/c29-22(18-9-5-2-6-10-18)26-11-13-27(14-12-26)23(30)21-19-16-31-20(15-28(19)25-24-21)17-7-3-1-4-8-17/h1-10,20H,11-16H2/t20-/m0/s1. The average Bonchev–Trinajstić information content (AvgIpc) is 3.27. The van der Waals surface area contributed by atoms with Gasteiger partial charge in [-0.15, -0.1) is 5.10 Å². The number of aromatic nitrogens is 3. The Balaban J connectivity index is 1.23. The first kappa shape index (κ1) is 19.4. The highest BCUT2D eigenvalue weighted by Crippen LogP contribution is 2.27. The Bertz CT molecular complexity index is 1080. The van der Waals surface area contributed by atoms with Crippen molar-refractivity contribution in [3.05, 3.63) is 83.2 Å². The molecule has 2 amide bonds. The van der Waals surface area contributed by atoms with Crippen molar-refractivity contribution >= 4 is 11.8 Å². The summed E-state index contributed by atoms with van der Waals surface area (Å²) in [6, 6.07) is 19.2. The van der Waals surface area contributed by atoms with Gasteiger partial charge in [-0.25, -0.2) is 4.68 Å². The number of benzene rings is 2. The molecule has 3 heterocycles. The van der Waals surface area contributed by atoms with Crippen molar-refractivity contribution in [3.8, 4) is 0 Å². The van der Waals surface area contributed by atoms with Gasteiger partial charge in [0.2, 0.25) is 0 Å². The molecular weight excluding hydrogens is 394 g/mol. The second-order valence-electron chi connectivity index (χ2n) is 7.73. The van der Waals surface area contributed by atoms with Crippen LogP contribution in [-0.2, 0) is 17.9 Å². The van der Waals surface area contributed by atoms with E-state index >= 15 is 0 Å². The van der Waals surface area contributed by atoms with E-state index < -0.39 is 0 Å². The van der Waals surface area contributed by atoms with E-state index in [9.17, 15) is 9.59 Å². The third-order valence-electron chi connectivity index (χ3n) is 5.85. The van der Waals surface area contributed by atoms with E-state index in [1.807, 2.05) is 60.7 Å². The molecule has 5 rings (SSSR count). The van der Waals surface area contributed by atoms with E-state index in [4.69, 9.17) is 4.74 Å². The zero-order valence-electron chi connectivity index (χ0n) is 17.1. The molecule has 31 heavy (non-hydrogen) atoms. The van der Waals surface area contributed by atoms with Crippen LogP contribution in [0.1, 0.15) is 38.2 Å². The van der Waals surface area contributed by atoms with Crippen molar-refractivity contribution in [3.63, 3.8) is 0 Å². The van der Waals surface area contributed by atoms with Gasteiger partial charge in [-0.3, -0.25) is 9.59 Å². The van der Waals surface area contributed by atoms with Crippen LogP contribution in [0.5, 0.6) is 0 Å². The van der Waals surface area contributed by atoms with E-state index in [0.717, 1.165) is 5.56 Å². The van der Waals surface area contributed by atoms with Crippen molar-refractivity contribution in [2.45, 2.75) is 19.3 Å². The van der Waals surface area contributed by atoms with Crippen molar-refractivity contribution in [1.82, 2.24) is 24.8 Å². The molecule has 0 aliphatic carbocycles. The van der Waals surface area contributed by atoms with Gasteiger partial charge in [-0.2, -0.15) is 0 Å². The van der Waals surface area contributed by atoms with Crippen LogP contribution < -0.4 is 0 Å². The van der Waals surface area contributed by atoms with Crippen LogP contribution in [0.15, 0.2) is 60.7 Å². The lowest BCUT2D eigenvalue weighted by Gasteiger charge is -2.34. The van der Waals surface area contributed by atoms with Crippen LogP contribution in [0.2, 0.25) is 0 Å². The molecule has 1 fully saturated rings. The number of fused-ring (bicyclic) bond motifs is 1. The number of ether oxygens (including phenoxy) is 1. The predicted octanol–water partition coefficient (Wildman–Crippen LogP) is 2.15. The highest BCUT2D eigenvalue weighted by molar-refractivity contribution is 5.95. The summed E-state index contributed by atoms with van der Waals surface area (Å²) in [6.45, 7) is 2.75. The third-order valence-corrected chi connectivity index (χ3v) is 5.85. The molecule has 3 aromatic rings. The fourth-order valence-corrected chi connectivity index (χ4v) is 4.07. The molecule has 2 aliphatic heterocycles. The molecule has 8 nitrogen and oxygen atoms in total. The van der Waals surface area contributed by atoms with Gasteiger partial charge >= 0.3 is 0 Å². The second-order valence-corrected chi connectivity index (χ2v) is 7.73. The maximum absolute atomic E-state index is 13.1. The van der Waals surface area contributed by atoms with Gasteiger partial charge in [-0.05, 0) is 17.7 Å². The number of amides is 2. The van der Waals surface area contributed by atoms with E-state index in [1.54, 1.807) is 14.5 Å². The maximum atomic E-state index is 13.1. The largest absolute Gasteiger partial charge is 0.365 e. The van der Waals surface area contributed by atoms with Crippen molar-refractivity contribution in [2.75, 3.05) is 26.2 Å². The summed E-state index contributed by atoms with van der Waals surface area (Å²) in [5.41, 5.74) is 2.80. The Labute approximate surface area is 180 Å². The highest BCUT2D eigenvalue weighted by Gasteiger charge is 2.32. The highest BCUT2D eigenvalue weighted by atomic mass is 16.5. The zero-order valence-corrected chi connectivity index (χ0v) is 17.1. The lowest BCUT2D eigenvalue weighted by molar-refractivity contribution is -0.00202. The summed E-state index contributed by atoms with van der Waals surface area (Å²) in [4.78, 5) is 29.2. The summed E-state index contributed by atoms with van der Waals surface area (Å²) < 4.78 is 7.77. The number of hydrogen-bond acceptors (Lipinski definition) is 5. The summed E-state index contributed by atoms with van der Waals surface area (Å²) in [7, 11) is 0. The fourth-order valence-electron chi connectivity index (χ4n) is 4.07. The fraction of sp³-hybridized carbons (Fsp3) is 0.304. The third kappa shape index (κ3) is 3.82.